The molecule has 0 bridgehead atoms. The van der Waals surface area contributed by atoms with Crippen molar-refractivity contribution in [1.29, 1.82) is 5.26 Å². The summed E-state index contributed by atoms with van der Waals surface area (Å²) in [6, 6.07) is 1.62. The van der Waals surface area contributed by atoms with E-state index in [1.54, 1.807) is 6.07 Å². The Hall–Kier alpha value is -2.47. The van der Waals surface area contributed by atoms with Gasteiger partial charge in [0.05, 0.1) is 12.3 Å². The Labute approximate surface area is 99.6 Å². The molecule has 17 heavy (non-hydrogen) atoms. The number of nitriles is 1. The van der Waals surface area contributed by atoms with Crippen LogP contribution in [0.2, 0.25) is 0 Å². The SMILES string of the molecule is N#CCC(=O)N/N=C/c1c(O)[nH]c(=S)[nH]c1=O. The number of rotatable bonds is 3. The molecule has 0 aliphatic rings. The summed E-state index contributed by atoms with van der Waals surface area (Å²) in [5.41, 5.74) is 1.17. The number of H-pyrrole nitrogens is 2. The average Bonchev–Trinajstić information content (AvgIpc) is 2.22. The number of nitrogens with zero attached hydrogens (tertiary/aromatic N) is 2. The zero-order valence-corrected chi connectivity index (χ0v) is 9.17. The van der Waals surface area contributed by atoms with Gasteiger partial charge in [-0.3, -0.25) is 14.6 Å². The number of carbonyl (C=O) groups is 1. The summed E-state index contributed by atoms with van der Waals surface area (Å²) in [5, 5.41) is 20.9. The monoisotopic (exact) mass is 253 g/mol. The van der Waals surface area contributed by atoms with Gasteiger partial charge in [-0.25, -0.2) is 5.43 Å². The number of aromatic hydroxyl groups is 1. The lowest BCUT2D eigenvalue weighted by molar-refractivity contribution is -0.120. The predicted molar refractivity (Wildman–Crippen MR) is 59.9 cm³/mol. The lowest BCUT2D eigenvalue weighted by Crippen LogP contribution is -2.18. The van der Waals surface area contributed by atoms with E-state index in [1.807, 2.05) is 5.43 Å². The summed E-state index contributed by atoms with van der Waals surface area (Å²) in [6.45, 7) is 0. The molecule has 0 atom stereocenters. The largest absolute Gasteiger partial charge is 0.494 e. The summed E-state index contributed by atoms with van der Waals surface area (Å²) >= 11 is 4.61. The van der Waals surface area contributed by atoms with Crippen molar-refractivity contribution in [3.05, 3.63) is 20.7 Å². The lowest BCUT2D eigenvalue weighted by Gasteiger charge is -1.97. The highest BCUT2D eigenvalue weighted by molar-refractivity contribution is 7.71. The molecule has 1 aromatic rings. The van der Waals surface area contributed by atoms with Crippen molar-refractivity contribution in [2.75, 3.05) is 0 Å². The molecule has 0 unspecified atom stereocenters. The zero-order valence-electron chi connectivity index (χ0n) is 8.35. The summed E-state index contributed by atoms with van der Waals surface area (Å²) in [4.78, 5) is 26.7. The van der Waals surface area contributed by atoms with Crippen molar-refractivity contribution in [1.82, 2.24) is 15.4 Å². The Morgan fingerprint density at radius 1 is 1.65 bits per heavy atom. The molecular weight excluding hydrogens is 246 g/mol. The number of hydrogen-bond donors (Lipinski definition) is 4. The van der Waals surface area contributed by atoms with Gasteiger partial charge in [-0.2, -0.15) is 10.4 Å². The van der Waals surface area contributed by atoms with Crippen LogP contribution in [0, 0.1) is 16.1 Å². The molecule has 0 radical (unpaired) electrons. The van der Waals surface area contributed by atoms with Crippen LogP contribution in [-0.2, 0) is 4.79 Å². The van der Waals surface area contributed by atoms with Gasteiger partial charge < -0.3 is 10.1 Å². The molecule has 0 aromatic carbocycles. The maximum absolute atomic E-state index is 11.3. The standard InChI is InChI=1S/C8H7N5O3S/c9-2-1-5(14)13-10-3-4-6(15)11-8(17)12-7(4)16/h3H,1H2,(H,13,14)(H3,11,12,15,16,17)/b10-3+. The van der Waals surface area contributed by atoms with Crippen LogP contribution >= 0.6 is 12.2 Å². The fourth-order valence-electron chi connectivity index (χ4n) is 0.884. The number of hydrogen-bond acceptors (Lipinski definition) is 6. The highest BCUT2D eigenvalue weighted by Crippen LogP contribution is 2.03. The van der Waals surface area contributed by atoms with Crippen LogP contribution in [0.15, 0.2) is 9.90 Å². The topological polar surface area (TPSA) is 134 Å². The molecule has 1 rings (SSSR count). The number of amides is 1. The molecule has 8 nitrogen and oxygen atoms in total. The Kier molecular flexibility index (Phi) is 4.13. The van der Waals surface area contributed by atoms with Crippen LogP contribution in [0.3, 0.4) is 0 Å². The Morgan fingerprint density at radius 2 is 2.35 bits per heavy atom. The first-order valence-electron chi connectivity index (χ1n) is 4.29. The maximum Gasteiger partial charge on any atom is 0.264 e. The molecule has 0 saturated heterocycles. The molecule has 0 aliphatic heterocycles. The van der Waals surface area contributed by atoms with E-state index in [9.17, 15) is 14.7 Å². The summed E-state index contributed by atoms with van der Waals surface area (Å²) in [7, 11) is 0. The number of carbonyl (C=O) groups excluding carboxylic acids is 1. The number of hydrazone groups is 1. The Bertz CT molecular complexity index is 609. The van der Waals surface area contributed by atoms with E-state index in [0.717, 1.165) is 6.21 Å². The minimum atomic E-state index is -0.649. The van der Waals surface area contributed by atoms with Gasteiger partial charge in [0, 0.05) is 0 Å². The minimum absolute atomic E-state index is 0.0295. The molecule has 4 N–H and O–H groups in total. The fourth-order valence-corrected chi connectivity index (χ4v) is 1.07. The summed E-state index contributed by atoms with van der Waals surface area (Å²) < 4.78 is -0.0295. The number of aromatic nitrogens is 2. The lowest BCUT2D eigenvalue weighted by atomic mass is 10.3. The van der Waals surface area contributed by atoms with Gasteiger partial charge in [0.25, 0.3) is 11.5 Å². The van der Waals surface area contributed by atoms with Crippen LogP contribution in [0.25, 0.3) is 0 Å². The molecule has 1 heterocycles. The molecule has 0 fully saturated rings. The first-order valence-corrected chi connectivity index (χ1v) is 4.70. The number of nitrogens with one attached hydrogen (secondary N) is 3. The van der Waals surface area contributed by atoms with Crippen LogP contribution in [0.4, 0.5) is 0 Å². The van der Waals surface area contributed by atoms with Gasteiger partial charge in [0.2, 0.25) is 5.88 Å². The van der Waals surface area contributed by atoms with Gasteiger partial charge in [0.15, 0.2) is 4.77 Å². The van der Waals surface area contributed by atoms with Crippen molar-refractivity contribution in [3.8, 4) is 11.9 Å². The Morgan fingerprint density at radius 3 is 2.94 bits per heavy atom. The third kappa shape index (κ3) is 3.54. The number of aromatic amines is 2. The quantitative estimate of drug-likeness (QED) is 0.327. The van der Waals surface area contributed by atoms with E-state index in [4.69, 9.17) is 5.26 Å². The third-order valence-corrected chi connectivity index (χ3v) is 1.79. The van der Waals surface area contributed by atoms with E-state index >= 15 is 0 Å². The second kappa shape index (κ2) is 5.57. The smallest absolute Gasteiger partial charge is 0.264 e. The maximum atomic E-state index is 11.3. The van der Waals surface area contributed by atoms with Crippen molar-refractivity contribution in [2.24, 2.45) is 5.10 Å². The fraction of sp³-hybridized carbons (Fsp3) is 0.125. The summed E-state index contributed by atoms with van der Waals surface area (Å²) in [5.74, 6) is -1.08. The molecule has 1 aromatic heterocycles. The summed E-state index contributed by atoms with van der Waals surface area (Å²) in [6.07, 6.45) is 0.589. The van der Waals surface area contributed by atoms with Gasteiger partial charge in [0.1, 0.15) is 12.0 Å². The van der Waals surface area contributed by atoms with E-state index in [-0.39, 0.29) is 16.8 Å². The third-order valence-electron chi connectivity index (χ3n) is 1.58. The molecule has 1 amide bonds. The second-order valence-corrected chi connectivity index (χ2v) is 3.21. The first kappa shape index (κ1) is 12.6. The van der Waals surface area contributed by atoms with Gasteiger partial charge >= 0.3 is 0 Å². The highest BCUT2D eigenvalue weighted by Gasteiger charge is 2.04. The van der Waals surface area contributed by atoms with Crippen LogP contribution in [0.1, 0.15) is 12.0 Å². The van der Waals surface area contributed by atoms with E-state index in [1.165, 1.54) is 0 Å². The normalized spacial score (nSPS) is 10.1. The molecule has 9 heteroatoms. The first-order chi connectivity index (χ1) is 8.04. The van der Waals surface area contributed by atoms with Crippen LogP contribution < -0.4 is 11.0 Å². The zero-order chi connectivity index (χ0) is 12.8. The van der Waals surface area contributed by atoms with Crippen molar-refractivity contribution >= 4 is 24.3 Å². The minimum Gasteiger partial charge on any atom is -0.494 e. The van der Waals surface area contributed by atoms with Gasteiger partial charge in [-0.1, -0.05) is 0 Å². The van der Waals surface area contributed by atoms with Crippen molar-refractivity contribution in [3.63, 3.8) is 0 Å². The van der Waals surface area contributed by atoms with Crippen molar-refractivity contribution < 1.29 is 9.90 Å². The Balaban J connectivity index is 2.87. The van der Waals surface area contributed by atoms with E-state index in [0.29, 0.717) is 0 Å². The molecular formula is C8H7N5O3S. The van der Waals surface area contributed by atoms with Crippen molar-refractivity contribution in [2.45, 2.75) is 6.42 Å². The molecule has 0 saturated carbocycles. The van der Waals surface area contributed by atoms with E-state index < -0.39 is 17.3 Å². The van der Waals surface area contributed by atoms with Crippen LogP contribution in [-0.4, -0.2) is 27.2 Å². The second-order valence-electron chi connectivity index (χ2n) is 2.80. The predicted octanol–water partition coefficient (Wildman–Crippen LogP) is -0.498. The van der Waals surface area contributed by atoms with Crippen LogP contribution in [0.5, 0.6) is 5.88 Å². The molecule has 0 spiro atoms. The molecule has 88 valence electrons. The molecule has 0 aliphatic carbocycles. The van der Waals surface area contributed by atoms with Gasteiger partial charge in [-0.05, 0) is 12.2 Å². The average molecular weight is 253 g/mol. The van der Waals surface area contributed by atoms with E-state index in [2.05, 4.69) is 27.3 Å². The van der Waals surface area contributed by atoms with Gasteiger partial charge in [-0.15, -0.1) is 0 Å². The highest BCUT2D eigenvalue weighted by atomic mass is 32.1.